The first-order valence-electron chi connectivity index (χ1n) is 9.98. The van der Waals surface area contributed by atoms with Gasteiger partial charge >= 0.3 is 0 Å². The fourth-order valence-electron chi connectivity index (χ4n) is 3.63. The molecule has 2 N–H and O–H groups in total. The Labute approximate surface area is 173 Å². The van der Waals surface area contributed by atoms with Crippen LogP contribution in [-0.2, 0) is 17.9 Å². The molecule has 2 atom stereocenters. The van der Waals surface area contributed by atoms with Gasteiger partial charge in [0, 0.05) is 29.8 Å². The molecule has 0 fully saturated rings. The summed E-state index contributed by atoms with van der Waals surface area (Å²) in [7, 11) is 0. The molecule has 0 aromatic heterocycles. The van der Waals surface area contributed by atoms with Gasteiger partial charge in [0.15, 0.2) is 0 Å². The summed E-state index contributed by atoms with van der Waals surface area (Å²) in [5.41, 5.74) is 4.77. The second-order valence-electron chi connectivity index (χ2n) is 8.03. The fraction of sp³-hybridized carbons (Fsp3) is 0.435. The number of fused-ring (bicyclic) bond motifs is 1. The van der Waals surface area contributed by atoms with Gasteiger partial charge in [-0.3, -0.25) is 9.69 Å². The minimum Gasteiger partial charge on any atom is -0.376 e. The molecular weight excluding hydrogens is 370 g/mol. The van der Waals surface area contributed by atoms with E-state index < -0.39 is 0 Å². The molecule has 2 aromatic carbocycles. The topological polar surface area (TPSA) is 44.4 Å². The highest BCUT2D eigenvalue weighted by Gasteiger charge is 2.26. The van der Waals surface area contributed by atoms with Crippen molar-refractivity contribution in [1.29, 1.82) is 0 Å². The number of nitrogens with zero attached hydrogens (tertiary/aromatic N) is 1. The number of carbonyl (C=O) groups is 1. The molecule has 0 bridgehead atoms. The van der Waals surface area contributed by atoms with Crippen molar-refractivity contribution in [2.24, 2.45) is 5.92 Å². The molecule has 150 valence electrons. The van der Waals surface area contributed by atoms with E-state index in [-0.39, 0.29) is 18.5 Å². The number of benzene rings is 2. The Hall–Kier alpha value is -2.04. The third-order valence-electron chi connectivity index (χ3n) is 5.74. The van der Waals surface area contributed by atoms with Gasteiger partial charge in [0.25, 0.3) is 0 Å². The molecule has 1 heterocycles. The van der Waals surface area contributed by atoms with Gasteiger partial charge in [-0.2, -0.15) is 0 Å². The quantitative estimate of drug-likeness (QED) is 0.689. The fourth-order valence-corrected chi connectivity index (χ4v) is 3.75. The Bertz CT molecular complexity index is 819. The van der Waals surface area contributed by atoms with E-state index in [1.807, 2.05) is 31.2 Å². The van der Waals surface area contributed by atoms with E-state index in [0.717, 1.165) is 24.3 Å². The Morgan fingerprint density at radius 1 is 1.07 bits per heavy atom. The van der Waals surface area contributed by atoms with Crippen LogP contribution in [0.2, 0.25) is 5.02 Å². The first kappa shape index (κ1) is 20.7. The molecule has 28 heavy (non-hydrogen) atoms. The summed E-state index contributed by atoms with van der Waals surface area (Å²) >= 11 is 5.93. The summed E-state index contributed by atoms with van der Waals surface area (Å²) < 4.78 is 0. The van der Waals surface area contributed by atoms with Crippen LogP contribution in [-0.4, -0.2) is 23.4 Å². The summed E-state index contributed by atoms with van der Waals surface area (Å²) in [5, 5.41) is 7.08. The Balaban J connectivity index is 1.58. The zero-order valence-electron chi connectivity index (χ0n) is 17.1. The molecule has 0 saturated heterocycles. The first-order chi connectivity index (χ1) is 13.3. The molecule has 2 unspecified atom stereocenters. The minimum absolute atomic E-state index is 0.0227. The molecule has 0 radical (unpaired) electrons. The third-order valence-corrected chi connectivity index (χ3v) is 5.99. The van der Waals surface area contributed by atoms with Gasteiger partial charge in [0.2, 0.25) is 5.91 Å². The van der Waals surface area contributed by atoms with Crippen LogP contribution in [0.1, 0.15) is 50.4 Å². The van der Waals surface area contributed by atoms with Gasteiger partial charge in [0.05, 0.1) is 12.6 Å². The van der Waals surface area contributed by atoms with Crippen molar-refractivity contribution in [3.8, 4) is 0 Å². The van der Waals surface area contributed by atoms with Crippen molar-refractivity contribution >= 4 is 23.2 Å². The Morgan fingerprint density at radius 2 is 1.79 bits per heavy atom. The molecule has 0 saturated carbocycles. The molecular formula is C23H30ClN3O. The highest BCUT2D eigenvalue weighted by molar-refractivity contribution is 6.30. The number of anilines is 1. The van der Waals surface area contributed by atoms with E-state index in [9.17, 15) is 4.79 Å². The second kappa shape index (κ2) is 8.97. The maximum atomic E-state index is 12.4. The van der Waals surface area contributed by atoms with Crippen molar-refractivity contribution in [3.63, 3.8) is 0 Å². The average molecular weight is 400 g/mol. The summed E-state index contributed by atoms with van der Waals surface area (Å²) in [4.78, 5) is 14.9. The lowest BCUT2D eigenvalue weighted by Crippen LogP contribution is -2.32. The molecule has 4 nitrogen and oxygen atoms in total. The van der Waals surface area contributed by atoms with Crippen LogP contribution in [0.15, 0.2) is 42.5 Å². The lowest BCUT2D eigenvalue weighted by atomic mass is 10.1. The SMILES string of the molecule is CC(NC(=O)CNc1cccc2c1CN(C(C)C(C)C)C2)c1ccc(Cl)cc1. The molecule has 1 aliphatic heterocycles. The lowest BCUT2D eigenvalue weighted by Gasteiger charge is -2.27. The highest BCUT2D eigenvalue weighted by Crippen LogP contribution is 2.31. The number of halogens is 1. The van der Waals surface area contributed by atoms with Crippen LogP contribution in [0.3, 0.4) is 0 Å². The van der Waals surface area contributed by atoms with E-state index >= 15 is 0 Å². The maximum absolute atomic E-state index is 12.4. The Kier molecular flexibility index (Phi) is 6.63. The van der Waals surface area contributed by atoms with Gasteiger partial charge in [-0.05, 0) is 54.7 Å². The number of hydrogen-bond donors (Lipinski definition) is 2. The van der Waals surface area contributed by atoms with Crippen molar-refractivity contribution in [2.45, 2.75) is 52.9 Å². The highest BCUT2D eigenvalue weighted by atomic mass is 35.5. The standard InChI is InChI=1S/C23H30ClN3O/c1-15(2)17(4)27-13-19-6-5-7-22(21(19)14-27)25-12-23(28)26-16(3)18-8-10-20(24)11-9-18/h5-11,15-17,25H,12-14H2,1-4H3,(H,26,28). The first-order valence-corrected chi connectivity index (χ1v) is 10.4. The van der Waals surface area contributed by atoms with E-state index in [2.05, 4.69) is 54.5 Å². The largest absolute Gasteiger partial charge is 0.376 e. The summed E-state index contributed by atoms with van der Waals surface area (Å²) in [5.74, 6) is 0.594. The number of nitrogens with one attached hydrogen (secondary N) is 2. The molecule has 3 rings (SSSR count). The number of amides is 1. The number of carbonyl (C=O) groups excluding carboxylic acids is 1. The van der Waals surface area contributed by atoms with E-state index in [4.69, 9.17) is 11.6 Å². The van der Waals surface area contributed by atoms with Crippen LogP contribution in [0, 0.1) is 5.92 Å². The zero-order valence-corrected chi connectivity index (χ0v) is 17.9. The molecule has 0 spiro atoms. The van der Waals surface area contributed by atoms with Crippen LogP contribution >= 0.6 is 11.6 Å². The van der Waals surface area contributed by atoms with Crippen molar-refractivity contribution in [3.05, 3.63) is 64.2 Å². The van der Waals surface area contributed by atoms with Crippen molar-refractivity contribution in [1.82, 2.24) is 10.2 Å². The predicted molar refractivity (Wildman–Crippen MR) is 116 cm³/mol. The molecule has 2 aromatic rings. The number of hydrogen-bond acceptors (Lipinski definition) is 3. The molecule has 5 heteroatoms. The van der Waals surface area contributed by atoms with Gasteiger partial charge in [-0.15, -0.1) is 0 Å². The molecule has 0 aliphatic carbocycles. The monoisotopic (exact) mass is 399 g/mol. The average Bonchev–Trinajstić information content (AvgIpc) is 3.10. The van der Waals surface area contributed by atoms with E-state index in [0.29, 0.717) is 17.0 Å². The van der Waals surface area contributed by atoms with Gasteiger partial charge in [0.1, 0.15) is 0 Å². The maximum Gasteiger partial charge on any atom is 0.239 e. The Morgan fingerprint density at radius 3 is 2.46 bits per heavy atom. The van der Waals surface area contributed by atoms with Gasteiger partial charge < -0.3 is 10.6 Å². The summed E-state index contributed by atoms with van der Waals surface area (Å²) in [6.07, 6.45) is 0. The van der Waals surface area contributed by atoms with Gasteiger partial charge in [-0.1, -0.05) is 49.7 Å². The van der Waals surface area contributed by atoms with E-state index in [1.54, 1.807) is 0 Å². The minimum atomic E-state index is -0.0598. The molecule has 1 aliphatic rings. The zero-order chi connectivity index (χ0) is 20.3. The summed E-state index contributed by atoms with van der Waals surface area (Å²) in [6, 6.07) is 14.4. The van der Waals surface area contributed by atoms with Crippen LogP contribution in [0.25, 0.3) is 0 Å². The predicted octanol–water partition coefficient (Wildman–Crippen LogP) is 4.99. The van der Waals surface area contributed by atoms with Crippen molar-refractivity contribution < 1.29 is 4.79 Å². The van der Waals surface area contributed by atoms with Crippen LogP contribution in [0.4, 0.5) is 5.69 Å². The summed E-state index contributed by atoms with van der Waals surface area (Å²) in [6.45, 7) is 11.0. The van der Waals surface area contributed by atoms with E-state index in [1.165, 1.54) is 11.1 Å². The van der Waals surface area contributed by atoms with Crippen LogP contribution < -0.4 is 10.6 Å². The second-order valence-corrected chi connectivity index (χ2v) is 8.46. The smallest absolute Gasteiger partial charge is 0.239 e. The van der Waals surface area contributed by atoms with Gasteiger partial charge in [-0.25, -0.2) is 0 Å². The third kappa shape index (κ3) is 4.86. The van der Waals surface area contributed by atoms with Crippen LogP contribution in [0.5, 0.6) is 0 Å². The van der Waals surface area contributed by atoms with Crippen molar-refractivity contribution in [2.75, 3.05) is 11.9 Å². The number of rotatable bonds is 7. The normalized spacial score (nSPS) is 15.9. The molecule has 1 amide bonds. The lowest BCUT2D eigenvalue weighted by molar-refractivity contribution is -0.120.